The summed E-state index contributed by atoms with van der Waals surface area (Å²) in [5.74, 6) is 2.93. The molecule has 0 unspecified atom stereocenters. The summed E-state index contributed by atoms with van der Waals surface area (Å²) in [5, 5.41) is 0. The zero-order chi connectivity index (χ0) is 15.1. The van der Waals surface area contributed by atoms with Gasteiger partial charge in [0.15, 0.2) is 0 Å². The summed E-state index contributed by atoms with van der Waals surface area (Å²) in [4.78, 5) is 4.97. The molecule has 118 valence electrons. The first kappa shape index (κ1) is 15.1. The van der Waals surface area contributed by atoms with Gasteiger partial charge in [-0.15, -0.1) is 0 Å². The van der Waals surface area contributed by atoms with Crippen LogP contribution in [0, 0.1) is 0 Å². The lowest BCUT2D eigenvalue weighted by molar-refractivity contribution is -0.516. The number of amidine groups is 1. The molecule has 1 saturated heterocycles. The van der Waals surface area contributed by atoms with Gasteiger partial charge in [-0.25, -0.2) is 4.67 Å². The number of fused-ring (bicyclic) bond motifs is 1. The molecule has 21 heavy (non-hydrogen) atoms. The highest BCUT2D eigenvalue weighted by atomic mass is 31.1. The molecule has 3 aliphatic heterocycles. The van der Waals surface area contributed by atoms with E-state index in [1.807, 2.05) is 0 Å². The molecule has 3 rings (SSSR count). The maximum Gasteiger partial charge on any atom is 0.278 e. The Morgan fingerprint density at radius 1 is 1.00 bits per heavy atom. The predicted molar refractivity (Wildman–Crippen MR) is 91.2 cm³/mol. The van der Waals surface area contributed by atoms with E-state index >= 15 is 0 Å². The predicted octanol–water partition coefficient (Wildman–Crippen LogP) is 2.03. The van der Waals surface area contributed by atoms with Gasteiger partial charge in [0.1, 0.15) is 25.5 Å². The van der Waals surface area contributed by atoms with Crippen molar-refractivity contribution in [2.45, 2.75) is 39.0 Å². The SMILES string of the molecule is CC(C)P(C(C)C)N1CC[N+]2=C1C=C1N(C)CCN1CC2. The van der Waals surface area contributed by atoms with Gasteiger partial charge < -0.3 is 9.80 Å². The van der Waals surface area contributed by atoms with E-state index < -0.39 is 0 Å². The zero-order valence-electron chi connectivity index (χ0n) is 14.2. The molecule has 0 amide bonds. The number of hydrogen-bond acceptors (Lipinski definition) is 3. The molecule has 0 N–H and O–H groups in total. The Balaban J connectivity index is 1.93. The number of rotatable bonds is 3. The molecule has 3 aliphatic rings. The van der Waals surface area contributed by atoms with Crippen LogP contribution in [-0.4, -0.2) is 82.5 Å². The van der Waals surface area contributed by atoms with E-state index in [1.54, 1.807) is 0 Å². The molecule has 0 aliphatic carbocycles. The summed E-state index contributed by atoms with van der Waals surface area (Å²) in [7, 11) is 2.14. The highest BCUT2D eigenvalue weighted by molar-refractivity contribution is 7.57. The number of nitrogens with zero attached hydrogens (tertiary/aromatic N) is 4. The number of likely N-dealkylation sites (N-methyl/N-ethyl adjacent to an activating group) is 1. The molecular weight excluding hydrogens is 279 g/mol. The normalized spacial score (nSPS) is 22.5. The minimum absolute atomic E-state index is 0.0944. The van der Waals surface area contributed by atoms with Crippen molar-refractivity contribution >= 4 is 13.9 Å². The fourth-order valence-corrected chi connectivity index (χ4v) is 6.96. The third kappa shape index (κ3) is 2.67. The molecule has 1 fully saturated rings. The summed E-state index contributed by atoms with van der Waals surface area (Å²) in [6.45, 7) is 16.7. The second-order valence-corrected chi connectivity index (χ2v) is 10.3. The first-order valence-corrected chi connectivity index (χ1v) is 9.77. The third-order valence-electron chi connectivity index (χ3n) is 4.83. The van der Waals surface area contributed by atoms with Crippen LogP contribution in [0.1, 0.15) is 27.7 Å². The Morgan fingerprint density at radius 2 is 1.67 bits per heavy atom. The summed E-state index contributed by atoms with van der Waals surface area (Å²) in [6.07, 6.45) is 2.47. The highest BCUT2D eigenvalue weighted by Gasteiger charge is 2.41. The van der Waals surface area contributed by atoms with Crippen LogP contribution in [0.2, 0.25) is 0 Å². The van der Waals surface area contributed by atoms with Crippen LogP contribution < -0.4 is 0 Å². The topological polar surface area (TPSA) is 12.7 Å². The Bertz CT molecular complexity index is 461. The van der Waals surface area contributed by atoms with Crippen molar-refractivity contribution in [2.24, 2.45) is 0 Å². The maximum atomic E-state index is 2.74. The Hall–Kier alpha value is -0.760. The molecule has 0 saturated carbocycles. The van der Waals surface area contributed by atoms with Crippen molar-refractivity contribution in [1.29, 1.82) is 0 Å². The van der Waals surface area contributed by atoms with Crippen LogP contribution >= 0.6 is 8.07 Å². The van der Waals surface area contributed by atoms with Crippen molar-refractivity contribution in [3.63, 3.8) is 0 Å². The molecular formula is C16H30N4P+. The average molecular weight is 309 g/mol. The van der Waals surface area contributed by atoms with Gasteiger partial charge in [0.25, 0.3) is 5.84 Å². The molecule has 4 nitrogen and oxygen atoms in total. The quantitative estimate of drug-likeness (QED) is 0.585. The molecule has 0 aromatic rings. The Kier molecular flexibility index (Phi) is 4.18. The van der Waals surface area contributed by atoms with E-state index in [1.165, 1.54) is 50.9 Å². The van der Waals surface area contributed by atoms with Crippen LogP contribution in [0.15, 0.2) is 11.9 Å². The largest absolute Gasteiger partial charge is 0.359 e. The van der Waals surface area contributed by atoms with Crippen LogP contribution in [-0.2, 0) is 0 Å². The maximum absolute atomic E-state index is 2.74. The lowest BCUT2D eigenvalue weighted by Crippen LogP contribution is -2.29. The fraction of sp³-hybridized carbons (Fsp3) is 0.812. The van der Waals surface area contributed by atoms with Crippen molar-refractivity contribution in [2.75, 3.05) is 46.3 Å². The van der Waals surface area contributed by atoms with Crippen LogP contribution in [0.5, 0.6) is 0 Å². The summed E-state index contributed by atoms with van der Waals surface area (Å²) >= 11 is 0. The minimum atomic E-state index is -0.0944. The standard InChI is InChI=1S/C16H30N4P/c1-13(2)21(14(3)4)20-11-10-19-9-8-18-7-6-17(5)15(18)12-16(19)20/h12-14H,6-11H2,1-5H3/q+1. The van der Waals surface area contributed by atoms with E-state index in [9.17, 15) is 0 Å². The molecule has 0 aromatic heterocycles. The second kappa shape index (κ2) is 5.79. The van der Waals surface area contributed by atoms with E-state index in [0.717, 1.165) is 11.3 Å². The molecule has 0 radical (unpaired) electrons. The first-order valence-electron chi connectivity index (χ1n) is 8.34. The molecule has 5 heteroatoms. The fourth-order valence-electron chi connectivity index (χ4n) is 3.91. The van der Waals surface area contributed by atoms with E-state index in [4.69, 9.17) is 0 Å². The van der Waals surface area contributed by atoms with Gasteiger partial charge in [0.2, 0.25) is 0 Å². The zero-order valence-corrected chi connectivity index (χ0v) is 15.1. The van der Waals surface area contributed by atoms with Gasteiger partial charge in [-0.05, 0) is 0 Å². The Morgan fingerprint density at radius 3 is 2.33 bits per heavy atom. The minimum Gasteiger partial charge on any atom is -0.359 e. The molecule has 0 aromatic carbocycles. The van der Waals surface area contributed by atoms with Gasteiger partial charge in [-0.3, -0.25) is 4.58 Å². The number of hydrogen-bond donors (Lipinski definition) is 0. The van der Waals surface area contributed by atoms with Crippen LogP contribution in [0.25, 0.3) is 0 Å². The molecule has 0 atom stereocenters. The third-order valence-corrected chi connectivity index (χ3v) is 7.90. The van der Waals surface area contributed by atoms with E-state index in [2.05, 4.69) is 59.9 Å². The van der Waals surface area contributed by atoms with Crippen molar-refractivity contribution < 1.29 is 4.58 Å². The Labute approximate surface area is 130 Å². The molecule has 0 spiro atoms. The summed E-state index contributed by atoms with van der Waals surface area (Å²) in [5.41, 5.74) is 1.51. The molecule has 3 heterocycles. The lowest BCUT2D eigenvalue weighted by Gasteiger charge is -2.29. The van der Waals surface area contributed by atoms with E-state index in [0.29, 0.717) is 0 Å². The van der Waals surface area contributed by atoms with Gasteiger partial charge >= 0.3 is 0 Å². The van der Waals surface area contributed by atoms with Crippen LogP contribution in [0.4, 0.5) is 0 Å². The second-order valence-electron chi connectivity index (χ2n) is 6.95. The van der Waals surface area contributed by atoms with Crippen LogP contribution in [0.3, 0.4) is 0 Å². The lowest BCUT2D eigenvalue weighted by atomic mass is 10.4. The molecule has 0 bridgehead atoms. The van der Waals surface area contributed by atoms with Gasteiger partial charge in [-0.2, -0.15) is 0 Å². The highest BCUT2D eigenvalue weighted by Crippen LogP contribution is 2.50. The monoisotopic (exact) mass is 309 g/mol. The van der Waals surface area contributed by atoms with Gasteiger partial charge in [0, 0.05) is 31.5 Å². The summed E-state index contributed by atoms with van der Waals surface area (Å²) in [6, 6.07) is 0. The van der Waals surface area contributed by atoms with Gasteiger partial charge in [-0.1, -0.05) is 27.7 Å². The average Bonchev–Trinajstić information content (AvgIpc) is 2.89. The van der Waals surface area contributed by atoms with Gasteiger partial charge in [0.05, 0.1) is 20.7 Å². The van der Waals surface area contributed by atoms with Crippen molar-refractivity contribution in [1.82, 2.24) is 14.5 Å². The van der Waals surface area contributed by atoms with Crippen molar-refractivity contribution in [3.8, 4) is 0 Å². The first-order chi connectivity index (χ1) is 9.99. The smallest absolute Gasteiger partial charge is 0.278 e. The van der Waals surface area contributed by atoms with Crippen molar-refractivity contribution in [3.05, 3.63) is 11.9 Å². The summed E-state index contributed by atoms with van der Waals surface area (Å²) < 4.78 is 5.35. The van der Waals surface area contributed by atoms with E-state index in [-0.39, 0.29) is 8.07 Å².